The van der Waals surface area contributed by atoms with E-state index in [1.165, 1.54) is 22.9 Å². The molecule has 0 unspecified atom stereocenters. The molecule has 1 aromatic heterocycles. The van der Waals surface area contributed by atoms with Crippen LogP contribution in [0.5, 0.6) is 0 Å². The van der Waals surface area contributed by atoms with E-state index in [1.54, 1.807) is 18.3 Å². The van der Waals surface area contributed by atoms with Crippen LogP contribution in [0.4, 0.5) is 5.69 Å². The molecule has 4 nitrogen and oxygen atoms in total. The van der Waals surface area contributed by atoms with Gasteiger partial charge in [0.25, 0.3) is 0 Å². The number of pyridine rings is 1. The number of imide groups is 1. The fourth-order valence-electron chi connectivity index (χ4n) is 1.27. The molecule has 1 saturated heterocycles. The van der Waals surface area contributed by atoms with Gasteiger partial charge in [0, 0.05) is 6.20 Å². The predicted octanol–water partition coefficient (Wildman–Crippen LogP) is 0.688. The van der Waals surface area contributed by atoms with Gasteiger partial charge in [0.2, 0.25) is 11.8 Å². The zero-order valence-corrected chi connectivity index (χ0v) is 8.16. The molecule has 5 heteroatoms. The molecule has 2 rings (SSSR count). The number of thioether (sulfide) groups is 1. The molecule has 2 amide bonds. The lowest BCUT2D eigenvalue weighted by atomic mass is 10.3. The van der Waals surface area contributed by atoms with Gasteiger partial charge in [-0.1, -0.05) is 0 Å². The van der Waals surface area contributed by atoms with Crippen molar-refractivity contribution in [1.82, 2.24) is 4.98 Å². The normalized spacial score (nSPS) is 17.3. The minimum atomic E-state index is -0.167. The van der Waals surface area contributed by atoms with E-state index < -0.39 is 0 Å². The fraction of sp³-hybridized carbons (Fsp3) is 0.222. The Morgan fingerprint density at radius 2 is 2.00 bits per heavy atom. The molecular weight excluding hydrogens is 200 g/mol. The molecule has 0 saturated carbocycles. The van der Waals surface area contributed by atoms with Crippen molar-refractivity contribution in [3.05, 3.63) is 24.5 Å². The monoisotopic (exact) mass is 208 g/mol. The number of hydrogen-bond donors (Lipinski definition) is 0. The third kappa shape index (κ3) is 1.63. The Kier molecular flexibility index (Phi) is 2.49. The summed E-state index contributed by atoms with van der Waals surface area (Å²) in [5.74, 6) is 0.389. The summed E-state index contributed by atoms with van der Waals surface area (Å²) in [7, 11) is 0. The molecule has 1 fully saturated rings. The molecule has 0 radical (unpaired) electrons. The summed E-state index contributed by atoms with van der Waals surface area (Å²) in [6.45, 7) is 0. The highest BCUT2D eigenvalue weighted by Gasteiger charge is 2.27. The van der Waals surface area contributed by atoms with Crippen molar-refractivity contribution in [2.75, 3.05) is 16.4 Å². The molecule has 1 aliphatic rings. The summed E-state index contributed by atoms with van der Waals surface area (Å²) in [6, 6.07) is 3.41. The van der Waals surface area contributed by atoms with E-state index in [0.717, 1.165) is 0 Å². The molecule has 1 aromatic rings. The quantitative estimate of drug-likeness (QED) is 0.637. The van der Waals surface area contributed by atoms with E-state index >= 15 is 0 Å². The van der Waals surface area contributed by atoms with E-state index in [1.807, 2.05) is 0 Å². The highest BCUT2D eigenvalue weighted by Crippen LogP contribution is 2.19. The number of anilines is 1. The van der Waals surface area contributed by atoms with Crippen molar-refractivity contribution >= 4 is 29.3 Å². The lowest BCUT2D eigenvalue weighted by Gasteiger charge is -2.23. The summed E-state index contributed by atoms with van der Waals surface area (Å²) in [5.41, 5.74) is 0.558. The van der Waals surface area contributed by atoms with Gasteiger partial charge in [0.05, 0.1) is 23.4 Å². The lowest BCUT2D eigenvalue weighted by Crippen LogP contribution is -2.43. The number of hydrogen-bond acceptors (Lipinski definition) is 4. The summed E-state index contributed by atoms with van der Waals surface area (Å²) in [4.78, 5) is 28.0. The highest BCUT2D eigenvalue weighted by atomic mass is 32.2. The van der Waals surface area contributed by atoms with E-state index in [4.69, 9.17) is 0 Å². The maximum Gasteiger partial charge on any atom is 0.243 e. The summed E-state index contributed by atoms with van der Waals surface area (Å²) in [6.07, 6.45) is 3.13. The largest absolute Gasteiger partial charge is 0.273 e. The second-order valence-corrected chi connectivity index (χ2v) is 3.81. The van der Waals surface area contributed by atoms with E-state index in [0.29, 0.717) is 17.2 Å². The van der Waals surface area contributed by atoms with Crippen LogP contribution in [0.15, 0.2) is 24.5 Å². The zero-order chi connectivity index (χ0) is 9.97. The van der Waals surface area contributed by atoms with Crippen LogP contribution in [0.1, 0.15) is 0 Å². The number of rotatable bonds is 1. The van der Waals surface area contributed by atoms with Crippen molar-refractivity contribution in [3.8, 4) is 0 Å². The molecular formula is C9H8N2O2S. The van der Waals surface area contributed by atoms with E-state index in [2.05, 4.69) is 4.98 Å². The third-order valence-electron chi connectivity index (χ3n) is 1.85. The molecule has 2 heterocycles. The first kappa shape index (κ1) is 9.21. The third-order valence-corrected chi connectivity index (χ3v) is 2.76. The number of nitrogens with zero attached hydrogens (tertiary/aromatic N) is 2. The van der Waals surface area contributed by atoms with Crippen LogP contribution >= 0.6 is 11.8 Å². The Hall–Kier alpha value is -1.36. The highest BCUT2D eigenvalue weighted by molar-refractivity contribution is 8.00. The van der Waals surface area contributed by atoms with Crippen LogP contribution in [-0.4, -0.2) is 28.3 Å². The first-order valence-electron chi connectivity index (χ1n) is 4.12. The van der Waals surface area contributed by atoms with Gasteiger partial charge >= 0.3 is 0 Å². The van der Waals surface area contributed by atoms with Gasteiger partial charge in [0.15, 0.2) is 0 Å². The Balaban J connectivity index is 2.32. The van der Waals surface area contributed by atoms with Gasteiger partial charge in [0.1, 0.15) is 0 Å². The van der Waals surface area contributed by atoms with Crippen LogP contribution < -0.4 is 4.90 Å². The van der Waals surface area contributed by atoms with Crippen molar-refractivity contribution < 1.29 is 9.59 Å². The second kappa shape index (κ2) is 3.79. The molecule has 0 N–H and O–H groups in total. The molecule has 0 bridgehead atoms. The van der Waals surface area contributed by atoms with Gasteiger partial charge < -0.3 is 0 Å². The summed E-state index contributed by atoms with van der Waals surface area (Å²) >= 11 is 1.35. The topological polar surface area (TPSA) is 50.3 Å². The van der Waals surface area contributed by atoms with Crippen LogP contribution in [0.2, 0.25) is 0 Å². The lowest BCUT2D eigenvalue weighted by molar-refractivity contribution is -0.124. The molecule has 0 spiro atoms. The number of aromatic nitrogens is 1. The predicted molar refractivity (Wildman–Crippen MR) is 54.1 cm³/mol. The van der Waals surface area contributed by atoms with Crippen LogP contribution in [0.3, 0.4) is 0 Å². The van der Waals surface area contributed by atoms with E-state index in [-0.39, 0.29) is 11.8 Å². The number of carbonyl (C=O) groups is 2. The van der Waals surface area contributed by atoms with Gasteiger partial charge in [-0.25, -0.2) is 4.90 Å². The Labute approximate surface area is 85.3 Å². The number of amides is 2. The Morgan fingerprint density at radius 3 is 2.57 bits per heavy atom. The molecule has 0 aliphatic carbocycles. The maximum absolute atomic E-state index is 11.5. The first-order valence-corrected chi connectivity index (χ1v) is 5.28. The maximum atomic E-state index is 11.5. The molecule has 1 aliphatic heterocycles. The average Bonchev–Trinajstić information content (AvgIpc) is 2.19. The average molecular weight is 208 g/mol. The fourth-order valence-corrected chi connectivity index (χ4v) is 1.98. The number of carbonyl (C=O) groups excluding carboxylic acids is 2. The molecule has 0 atom stereocenters. The van der Waals surface area contributed by atoms with Gasteiger partial charge in [-0.3, -0.25) is 14.6 Å². The Bertz CT molecular complexity index is 350. The second-order valence-electron chi connectivity index (χ2n) is 2.83. The smallest absolute Gasteiger partial charge is 0.243 e. The minimum absolute atomic E-state index is 0.167. The van der Waals surface area contributed by atoms with Crippen LogP contribution in [-0.2, 0) is 9.59 Å². The zero-order valence-electron chi connectivity index (χ0n) is 7.34. The van der Waals surface area contributed by atoms with Gasteiger partial charge in [-0.2, -0.15) is 0 Å². The van der Waals surface area contributed by atoms with Crippen molar-refractivity contribution in [3.63, 3.8) is 0 Å². The molecule has 14 heavy (non-hydrogen) atoms. The standard InChI is InChI=1S/C9H8N2O2S/c12-8-5-14-6-9(13)11(8)7-2-1-3-10-4-7/h1-4H,5-6H2. The van der Waals surface area contributed by atoms with Gasteiger partial charge in [-0.05, 0) is 12.1 Å². The summed E-state index contributed by atoms with van der Waals surface area (Å²) < 4.78 is 0. The van der Waals surface area contributed by atoms with Crippen LogP contribution in [0.25, 0.3) is 0 Å². The van der Waals surface area contributed by atoms with Crippen molar-refractivity contribution in [2.45, 2.75) is 0 Å². The van der Waals surface area contributed by atoms with Gasteiger partial charge in [-0.15, -0.1) is 11.8 Å². The molecule has 0 aromatic carbocycles. The SMILES string of the molecule is O=C1CSCC(=O)N1c1cccnc1. The van der Waals surface area contributed by atoms with Crippen molar-refractivity contribution in [1.29, 1.82) is 0 Å². The first-order chi connectivity index (χ1) is 6.79. The molecule has 72 valence electrons. The van der Waals surface area contributed by atoms with Crippen LogP contribution in [0, 0.1) is 0 Å². The van der Waals surface area contributed by atoms with Crippen molar-refractivity contribution in [2.24, 2.45) is 0 Å². The van der Waals surface area contributed by atoms with E-state index in [9.17, 15) is 9.59 Å². The summed E-state index contributed by atoms with van der Waals surface area (Å²) in [5, 5.41) is 0. The minimum Gasteiger partial charge on any atom is -0.273 e. The Morgan fingerprint density at radius 1 is 1.29 bits per heavy atom.